The van der Waals surface area contributed by atoms with Crippen LogP contribution in [0.4, 0.5) is 0 Å². The second-order valence-corrected chi connectivity index (χ2v) is 7.90. The van der Waals surface area contributed by atoms with Gasteiger partial charge in [0, 0.05) is 4.47 Å². The Morgan fingerprint density at radius 2 is 1.79 bits per heavy atom. The Bertz CT molecular complexity index is 1310. The predicted molar refractivity (Wildman–Crippen MR) is 130 cm³/mol. The second-order valence-electron chi connectivity index (χ2n) is 7.04. The highest BCUT2D eigenvalue weighted by molar-refractivity contribution is 9.10. The van der Waals surface area contributed by atoms with Crippen LogP contribution in [-0.2, 0) is 9.53 Å². The number of nitrogens with zero attached hydrogens (tertiary/aromatic N) is 1. The molecule has 172 valence electrons. The zero-order valence-electron chi connectivity index (χ0n) is 18.4. The molecule has 0 unspecified atom stereocenters. The van der Waals surface area contributed by atoms with Crippen molar-refractivity contribution in [2.45, 2.75) is 6.92 Å². The van der Waals surface area contributed by atoms with Crippen molar-refractivity contribution >= 4 is 39.8 Å². The van der Waals surface area contributed by atoms with E-state index in [1.807, 2.05) is 25.1 Å². The van der Waals surface area contributed by atoms with Crippen molar-refractivity contribution in [3.05, 3.63) is 93.6 Å². The van der Waals surface area contributed by atoms with Crippen LogP contribution in [0.1, 0.15) is 28.4 Å². The summed E-state index contributed by atoms with van der Waals surface area (Å²) in [5, 5.41) is 0. The van der Waals surface area contributed by atoms with Crippen LogP contribution in [0, 0.1) is 0 Å². The van der Waals surface area contributed by atoms with Gasteiger partial charge < -0.3 is 18.9 Å². The summed E-state index contributed by atoms with van der Waals surface area (Å²) in [6, 6.07) is 19.1. The van der Waals surface area contributed by atoms with E-state index in [4.69, 9.17) is 18.9 Å². The molecule has 34 heavy (non-hydrogen) atoms. The number of rotatable bonds is 7. The number of carbonyl (C=O) groups excluding carboxylic acids is 2. The van der Waals surface area contributed by atoms with Gasteiger partial charge in [0.1, 0.15) is 11.3 Å². The Morgan fingerprint density at radius 1 is 1.03 bits per heavy atom. The second kappa shape index (κ2) is 10.4. The summed E-state index contributed by atoms with van der Waals surface area (Å²) in [6.07, 6.45) is 1.58. The first-order valence-corrected chi connectivity index (χ1v) is 11.2. The van der Waals surface area contributed by atoms with Crippen LogP contribution in [0.3, 0.4) is 0 Å². The highest BCUT2D eigenvalue weighted by atomic mass is 79.9. The first kappa shape index (κ1) is 23.3. The molecule has 1 aliphatic rings. The Kier molecular flexibility index (Phi) is 7.08. The van der Waals surface area contributed by atoms with Crippen LogP contribution < -0.4 is 14.2 Å². The SMILES string of the molecule is CCOc1cc(/C=C2/N=C(c3ccccc3Br)OC2=O)ccc1OC(=O)c1ccccc1OC. The molecule has 0 bridgehead atoms. The fraction of sp³-hybridized carbons (Fsp3) is 0.115. The molecular formula is C26H20BrNO6. The van der Waals surface area contributed by atoms with Gasteiger partial charge >= 0.3 is 11.9 Å². The molecule has 0 saturated carbocycles. The van der Waals surface area contributed by atoms with Crippen molar-refractivity contribution in [3.8, 4) is 17.2 Å². The number of hydrogen-bond acceptors (Lipinski definition) is 7. The molecule has 0 radical (unpaired) electrons. The molecule has 0 atom stereocenters. The van der Waals surface area contributed by atoms with Gasteiger partial charge in [0.25, 0.3) is 0 Å². The van der Waals surface area contributed by atoms with Crippen LogP contribution in [0.25, 0.3) is 6.08 Å². The van der Waals surface area contributed by atoms with Crippen molar-refractivity contribution in [2.75, 3.05) is 13.7 Å². The number of benzene rings is 3. The number of para-hydroxylation sites is 1. The fourth-order valence-corrected chi connectivity index (χ4v) is 3.71. The van der Waals surface area contributed by atoms with Crippen molar-refractivity contribution in [1.82, 2.24) is 0 Å². The standard InChI is InChI=1S/C26H20BrNO6/c1-3-32-23-15-16(12-13-22(23)33-25(29)18-9-5-7-11-21(18)31-2)14-20-26(30)34-24(28-20)17-8-4-6-10-19(17)27/h4-15H,3H2,1-2H3/b20-14+. The first-order valence-electron chi connectivity index (χ1n) is 10.4. The zero-order valence-corrected chi connectivity index (χ0v) is 20.0. The minimum Gasteiger partial charge on any atom is -0.496 e. The maximum Gasteiger partial charge on any atom is 0.363 e. The first-order chi connectivity index (χ1) is 16.5. The van der Waals surface area contributed by atoms with Crippen LogP contribution in [0.5, 0.6) is 17.2 Å². The number of halogens is 1. The summed E-state index contributed by atoms with van der Waals surface area (Å²) in [4.78, 5) is 29.4. The lowest BCUT2D eigenvalue weighted by Gasteiger charge is -2.12. The molecule has 0 amide bonds. The van der Waals surface area contributed by atoms with Gasteiger partial charge in [-0.1, -0.05) is 30.3 Å². The van der Waals surface area contributed by atoms with E-state index in [1.54, 1.807) is 54.6 Å². The normalized spacial score (nSPS) is 13.9. The van der Waals surface area contributed by atoms with Gasteiger partial charge in [-0.2, -0.15) is 0 Å². The average Bonchev–Trinajstić information content (AvgIpc) is 3.20. The highest BCUT2D eigenvalue weighted by Crippen LogP contribution is 2.32. The average molecular weight is 522 g/mol. The Morgan fingerprint density at radius 3 is 2.56 bits per heavy atom. The summed E-state index contributed by atoms with van der Waals surface area (Å²) in [5.41, 5.74) is 1.74. The monoisotopic (exact) mass is 521 g/mol. The number of hydrogen-bond donors (Lipinski definition) is 0. The van der Waals surface area contributed by atoms with E-state index in [1.165, 1.54) is 7.11 Å². The number of esters is 2. The number of ether oxygens (including phenoxy) is 4. The van der Waals surface area contributed by atoms with Gasteiger partial charge in [-0.05, 0) is 70.9 Å². The lowest BCUT2D eigenvalue weighted by Crippen LogP contribution is -2.11. The van der Waals surface area contributed by atoms with Crippen LogP contribution in [-0.4, -0.2) is 31.6 Å². The van der Waals surface area contributed by atoms with Crippen LogP contribution in [0.2, 0.25) is 0 Å². The number of methoxy groups -OCH3 is 1. The fourth-order valence-electron chi connectivity index (χ4n) is 3.25. The zero-order chi connectivity index (χ0) is 24.1. The minimum absolute atomic E-state index is 0.145. The topological polar surface area (TPSA) is 83.4 Å². The Hall–Kier alpha value is -3.91. The van der Waals surface area contributed by atoms with Gasteiger partial charge in [0.2, 0.25) is 5.90 Å². The van der Waals surface area contributed by atoms with Crippen molar-refractivity contribution in [3.63, 3.8) is 0 Å². The smallest absolute Gasteiger partial charge is 0.363 e. The predicted octanol–water partition coefficient (Wildman–Crippen LogP) is 5.42. The third kappa shape index (κ3) is 5.02. The highest BCUT2D eigenvalue weighted by Gasteiger charge is 2.25. The number of aliphatic imine (C=N–C) groups is 1. The summed E-state index contributed by atoms with van der Waals surface area (Å²) in [7, 11) is 1.48. The molecule has 3 aromatic carbocycles. The number of carbonyl (C=O) groups is 2. The van der Waals surface area contributed by atoms with Gasteiger partial charge in [-0.25, -0.2) is 14.6 Å². The van der Waals surface area contributed by atoms with Crippen molar-refractivity contribution < 1.29 is 28.5 Å². The molecule has 1 heterocycles. The largest absolute Gasteiger partial charge is 0.496 e. The van der Waals surface area contributed by atoms with E-state index in [-0.39, 0.29) is 17.3 Å². The lowest BCUT2D eigenvalue weighted by atomic mass is 10.1. The summed E-state index contributed by atoms with van der Waals surface area (Å²) < 4.78 is 22.6. The molecule has 0 spiro atoms. The van der Waals surface area contributed by atoms with Gasteiger partial charge in [-0.15, -0.1) is 0 Å². The van der Waals surface area contributed by atoms with E-state index in [2.05, 4.69) is 20.9 Å². The number of cyclic esters (lactones) is 1. The maximum absolute atomic E-state index is 12.7. The molecule has 0 aromatic heterocycles. The molecule has 8 heteroatoms. The minimum atomic E-state index is -0.577. The molecule has 0 N–H and O–H groups in total. The molecular weight excluding hydrogens is 502 g/mol. The third-order valence-corrected chi connectivity index (χ3v) is 5.52. The van der Waals surface area contributed by atoms with Gasteiger partial charge in [0.05, 0.1) is 19.3 Å². The van der Waals surface area contributed by atoms with Gasteiger partial charge in [-0.3, -0.25) is 0 Å². The summed E-state index contributed by atoms with van der Waals surface area (Å²) >= 11 is 3.44. The molecule has 3 aromatic rings. The third-order valence-electron chi connectivity index (χ3n) is 4.83. The van der Waals surface area contributed by atoms with Crippen LogP contribution in [0.15, 0.2) is 81.9 Å². The molecule has 1 aliphatic heterocycles. The summed E-state index contributed by atoms with van der Waals surface area (Å²) in [6.45, 7) is 2.17. The Balaban J connectivity index is 1.61. The quantitative estimate of drug-likeness (QED) is 0.234. The van der Waals surface area contributed by atoms with E-state index >= 15 is 0 Å². The summed E-state index contributed by atoms with van der Waals surface area (Å²) in [5.74, 6) is 0.0797. The van der Waals surface area contributed by atoms with E-state index < -0.39 is 11.9 Å². The Labute approximate surface area is 204 Å². The van der Waals surface area contributed by atoms with Crippen molar-refractivity contribution in [2.24, 2.45) is 4.99 Å². The molecule has 4 rings (SSSR count). The van der Waals surface area contributed by atoms with Crippen LogP contribution >= 0.6 is 15.9 Å². The molecule has 0 aliphatic carbocycles. The van der Waals surface area contributed by atoms with Crippen molar-refractivity contribution in [1.29, 1.82) is 0 Å². The van der Waals surface area contributed by atoms with E-state index in [9.17, 15) is 9.59 Å². The lowest BCUT2D eigenvalue weighted by molar-refractivity contribution is -0.129. The van der Waals surface area contributed by atoms with Gasteiger partial charge in [0.15, 0.2) is 17.2 Å². The molecule has 7 nitrogen and oxygen atoms in total. The van der Waals surface area contributed by atoms with E-state index in [0.717, 1.165) is 4.47 Å². The molecule has 0 saturated heterocycles. The maximum atomic E-state index is 12.7. The molecule has 0 fully saturated rings. The van der Waals surface area contributed by atoms with E-state index in [0.29, 0.717) is 34.8 Å².